The van der Waals surface area contributed by atoms with E-state index in [1.165, 1.54) is 17.5 Å². The van der Waals surface area contributed by atoms with Gasteiger partial charge in [-0.25, -0.2) is 9.97 Å². The predicted octanol–water partition coefficient (Wildman–Crippen LogP) is 3.38. The SMILES string of the molecule is Cc1ccc(COCCNc2ncnc(Cl)c2C)cc1. The lowest BCUT2D eigenvalue weighted by Crippen LogP contribution is -2.11. The van der Waals surface area contributed by atoms with Crippen LogP contribution in [0.4, 0.5) is 5.82 Å². The topological polar surface area (TPSA) is 47.0 Å². The molecule has 5 heteroatoms. The molecule has 0 unspecified atom stereocenters. The van der Waals surface area contributed by atoms with Crippen molar-refractivity contribution in [2.45, 2.75) is 20.5 Å². The molecule has 106 valence electrons. The molecule has 1 aromatic carbocycles. The number of aryl methyl sites for hydroxylation is 1. The molecule has 0 radical (unpaired) electrons. The molecule has 1 N–H and O–H groups in total. The zero-order valence-corrected chi connectivity index (χ0v) is 12.4. The maximum Gasteiger partial charge on any atom is 0.137 e. The Morgan fingerprint density at radius 1 is 1.15 bits per heavy atom. The lowest BCUT2D eigenvalue weighted by atomic mass is 10.2. The van der Waals surface area contributed by atoms with Crippen LogP contribution in [0, 0.1) is 13.8 Å². The monoisotopic (exact) mass is 291 g/mol. The summed E-state index contributed by atoms with van der Waals surface area (Å²) in [7, 11) is 0. The van der Waals surface area contributed by atoms with E-state index in [4.69, 9.17) is 16.3 Å². The van der Waals surface area contributed by atoms with Crippen molar-refractivity contribution in [1.82, 2.24) is 9.97 Å². The third-order valence-electron chi connectivity index (χ3n) is 2.95. The molecule has 0 amide bonds. The van der Waals surface area contributed by atoms with Crippen LogP contribution >= 0.6 is 11.6 Å². The molecule has 2 rings (SSSR count). The van der Waals surface area contributed by atoms with Crippen LogP contribution in [0.1, 0.15) is 16.7 Å². The molecule has 0 saturated heterocycles. The standard InChI is InChI=1S/C15H18ClN3O/c1-11-3-5-13(6-4-11)9-20-8-7-17-15-12(2)14(16)18-10-19-15/h3-6,10H,7-9H2,1-2H3,(H,17,18,19). The fraction of sp³-hybridized carbons (Fsp3) is 0.333. The van der Waals surface area contributed by atoms with Crippen molar-refractivity contribution in [2.75, 3.05) is 18.5 Å². The van der Waals surface area contributed by atoms with E-state index in [0.717, 1.165) is 11.4 Å². The van der Waals surface area contributed by atoms with Gasteiger partial charge in [-0.1, -0.05) is 41.4 Å². The number of anilines is 1. The fourth-order valence-corrected chi connectivity index (χ4v) is 1.86. The van der Waals surface area contributed by atoms with Gasteiger partial charge in [0.15, 0.2) is 0 Å². The largest absolute Gasteiger partial charge is 0.375 e. The van der Waals surface area contributed by atoms with E-state index in [-0.39, 0.29) is 0 Å². The number of hydrogen-bond acceptors (Lipinski definition) is 4. The lowest BCUT2D eigenvalue weighted by molar-refractivity contribution is 0.130. The highest BCUT2D eigenvalue weighted by Crippen LogP contribution is 2.17. The fourth-order valence-electron chi connectivity index (χ4n) is 1.72. The zero-order chi connectivity index (χ0) is 14.4. The van der Waals surface area contributed by atoms with E-state index in [2.05, 4.69) is 46.5 Å². The third-order valence-corrected chi connectivity index (χ3v) is 3.33. The summed E-state index contributed by atoms with van der Waals surface area (Å²) in [5.74, 6) is 0.754. The van der Waals surface area contributed by atoms with Crippen molar-refractivity contribution in [2.24, 2.45) is 0 Å². The highest BCUT2D eigenvalue weighted by atomic mass is 35.5. The van der Waals surface area contributed by atoms with Gasteiger partial charge in [0.25, 0.3) is 0 Å². The number of nitrogens with zero attached hydrogens (tertiary/aromatic N) is 2. The van der Waals surface area contributed by atoms with E-state index in [0.29, 0.717) is 24.9 Å². The van der Waals surface area contributed by atoms with Crippen LogP contribution in [0.25, 0.3) is 0 Å². The molecule has 0 saturated carbocycles. The van der Waals surface area contributed by atoms with Crippen LogP contribution in [0.2, 0.25) is 5.15 Å². The van der Waals surface area contributed by atoms with Gasteiger partial charge in [-0.3, -0.25) is 0 Å². The summed E-state index contributed by atoms with van der Waals surface area (Å²) in [5, 5.41) is 3.66. The molecule has 20 heavy (non-hydrogen) atoms. The molecule has 0 spiro atoms. The number of nitrogens with one attached hydrogen (secondary N) is 1. The van der Waals surface area contributed by atoms with Crippen molar-refractivity contribution in [3.05, 3.63) is 52.4 Å². The minimum Gasteiger partial charge on any atom is -0.375 e. The summed E-state index contributed by atoms with van der Waals surface area (Å²) >= 11 is 5.92. The van der Waals surface area contributed by atoms with Crippen molar-refractivity contribution < 1.29 is 4.74 Å². The summed E-state index contributed by atoms with van der Waals surface area (Å²) in [4.78, 5) is 8.06. The number of ether oxygens (including phenoxy) is 1. The van der Waals surface area contributed by atoms with E-state index in [9.17, 15) is 0 Å². The van der Waals surface area contributed by atoms with Crippen molar-refractivity contribution in [3.63, 3.8) is 0 Å². The van der Waals surface area contributed by atoms with E-state index in [1.807, 2.05) is 6.92 Å². The summed E-state index contributed by atoms with van der Waals surface area (Å²) in [6.45, 7) is 5.86. The number of aromatic nitrogens is 2. The number of hydrogen-bond donors (Lipinski definition) is 1. The average Bonchev–Trinajstić information content (AvgIpc) is 2.45. The second kappa shape index (κ2) is 7.22. The Morgan fingerprint density at radius 3 is 2.65 bits per heavy atom. The average molecular weight is 292 g/mol. The second-order valence-corrected chi connectivity index (χ2v) is 4.96. The molecule has 0 atom stereocenters. The first-order chi connectivity index (χ1) is 9.66. The van der Waals surface area contributed by atoms with Gasteiger partial charge in [0.05, 0.1) is 13.2 Å². The Labute approximate surface area is 124 Å². The summed E-state index contributed by atoms with van der Waals surface area (Å²) in [6.07, 6.45) is 1.45. The third kappa shape index (κ3) is 4.18. The van der Waals surface area contributed by atoms with Crippen LogP contribution in [-0.4, -0.2) is 23.1 Å². The minimum atomic E-state index is 0.475. The Balaban J connectivity index is 1.71. The maximum atomic E-state index is 5.92. The van der Waals surface area contributed by atoms with E-state index < -0.39 is 0 Å². The summed E-state index contributed by atoms with van der Waals surface area (Å²) in [5.41, 5.74) is 3.29. The highest BCUT2D eigenvalue weighted by molar-refractivity contribution is 6.30. The van der Waals surface area contributed by atoms with Crippen LogP contribution in [-0.2, 0) is 11.3 Å². The molecule has 0 aliphatic heterocycles. The summed E-state index contributed by atoms with van der Waals surface area (Å²) < 4.78 is 5.61. The van der Waals surface area contributed by atoms with Crippen LogP contribution < -0.4 is 5.32 Å². The second-order valence-electron chi connectivity index (χ2n) is 4.60. The molecule has 0 aliphatic carbocycles. The van der Waals surface area contributed by atoms with Gasteiger partial charge in [0.1, 0.15) is 17.3 Å². The van der Waals surface area contributed by atoms with Crippen molar-refractivity contribution >= 4 is 17.4 Å². The summed E-state index contributed by atoms with van der Waals surface area (Å²) in [6, 6.07) is 8.33. The van der Waals surface area contributed by atoms with Crippen LogP contribution in [0.3, 0.4) is 0 Å². The predicted molar refractivity (Wildman–Crippen MR) is 81.1 cm³/mol. The van der Waals surface area contributed by atoms with Crippen molar-refractivity contribution in [3.8, 4) is 0 Å². The Morgan fingerprint density at radius 2 is 1.90 bits per heavy atom. The van der Waals surface area contributed by atoms with E-state index in [1.54, 1.807) is 0 Å². The first-order valence-corrected chi connectivity index (χ1v) is 6.89. The van der Waals surface area contributed by atoms with Crippen LogP contribution in [0.5, 0.6) is 0 Å². The quantitative estimate of drug-likeness (QED) is 0.655. The normalized spacial score (nSPS) is 10.6. The molecular weight excluding hydrogens is 274 g/mol. The Hall–Kier alpha value is -1.65. The number of rotatable bonds is 6. The van der Waals surface area contributed by atoms with Gasteiger partial charge in [0, 0.05) is 12.1 Å². The zero-order valence-electron chi connectivity index (χ0n) is 11.7. The first-order valence-electron chi connectivity index (χ1n) is 6.51. The van der Waals surface area contributed by atoms with Gasteiger partial charge in [-0.05, 0) is 19.4 Å². The van der Waals surface area contributed by atoms with Crippen molar-refractivity contribution in [1.29, 1.82) is 0 Å². The molecule has 4 nitrogen and oxygen atoms in total. The van der Waals surface area contributed by atoms with E-state index >= 15 is 0 Å². The maximum absolute atomic E-state index is 5.92. The first kappa shape index (κ1) is 14.8. The molecule has 0 fully saturated rings. The van der Waals surface area contributed by atoms with Gasteiger partial charge >= 0.3 is 0 Å². The van der Waals surface area contributed by atoms with Gasteiger partial charge in [-0.2, -0.15) is 0 Å². The minimum absolute atomic E-state index is 0.475. The Kier molecular flexibility index (Phi) is 5.32. The molecule has 2 aromatic rings. The Bertz CT molecular complexity index is 558. The van der Waals surface area contributed by atoms with Gasteiger partial charge < -0.3 is 10.1 Å². The van der Waals surface area contributed by atoms with Gasteiger partial charge in [0.2, 0.25) is 0 Å². The van der Waals surface area contributed by atoms with Gasteiger partial charge in [-0.15, -0.1) is 0 Å². The number of halogens is 1. The number of benzene rings is 1. The highest BCUT2D eigenvalue weighted by Gasteiger charge is 2.03. The molecule has 1 aromatic heterocycles. The molecule has 0 aliphatic rings. The lowest BCUT2D eigenvalue weighted by Gasteiger charge is -2.09. The molecular formula is C15H18ClN3O. The molecule has 1 heterocycles. The smallest absolute Gasteiger partial charge is 0.137 e. The van der Waals surface area contributed by atoms with Crippen LogP contribution in [0.15, 0.2) is 30.6 Å². The molecule has 0 bridgehead atoms.